The predicted molar refractivity (Wildman–Crippen MR) is 116 cm³/mol. The van der Waals surface area contributed by atoms with Gasteiger partial charge in [0.05, 0.1) is 18.1 Å². The number of benzene rings is 2. The maximum Gasteiger partial charge on any atom is 0.335 e. The van der Waals surface area contributed by atoms with Crippen LogP contribution in [0.1, 0.15) is 71.3 Å². The van der Waals surface area contributed by atoms with Crippen LogP contribution in [0.15, 0.2) is 45.6 Å². The molecule has 1 aliphatic rings. The maximum absolute atomic E-state index is 13.5. The largest absolute Gasteiger partial charge is 0.497 e. The molecule has 30 heavy (non-hydrogen) atoms. The molecular formula is C25H26O5. The first-order chi connectivity index (χ1) is 14.5. The Bertz CT molecular complexity index is 1160. The molecule has 0 spiro atoms. The highest BCUT2D eigenvalue weighted by Gasteiger charge is 2.43. The second-order valence-corrected chi connectivity index (χ2v) is 7.87. The van der Waals surface area contributed by atoms with Gasteiger partial charge in [-0.05, 0) is 60.6 Å². The Kier molecular flexibility index (Phi) is 5.37. The van der Waals surface area contributed by atoms with Crippen LogP contribution in [-0.4, -0.2) is 18.2 Å². The summed E-state index contributed by atoms with van der Waals surface area (Å²) in [5.74, 6) is 1.05. The van der Waals surface area contributed by atoms with E-state index >= 15 is 0 Å². The van der Waals surface area contributed by atoms with Crippen molar-refractivity contribution in [2.75, 3.05) is 7.11 Å². The third-order valence-corrected chi connectivity index (χ3v) is 6.05. The second kappa shape index (κ2) is 7.98. The van der Waals surface area contributed by atoms with Gasteiger partial charge in [0, 0.05) is 11.5 Å². The lowest BCUT2D eigenvalue weighted by atomic mass is 9.95. The molecule has 0 amide bonds. The van der Waals surface area contributed by atoms with E-state index in [2.05, 4.69) is 12.1 Å². The number of fused-ring (bicyclic) bond motifs is 1. The molecular weight excluding hydrogens is 380 g/mol. The van der Waals surface area contributed by atoms with E-state index in [0.717, 1.165) is 24.4 Å². The molecule has 2 aromatic carbocycles. The van der Waals surface area contributed by atoms with Crippen LogP contribution in [0.2, 0.25) is 0 Å². The van der Waals surface area contributed by atoms with Gasteiger partial charge in [0.25, 0.3) is 0 Å². The van der Waals surface area contributed by atoms with Crippen LogP contribution in [0, 0.1) is 0 Å². The molecule has 5 nitrogen and oxygen atoms in total. The molecule has 1 aromatic heterocycles. The summed E-state index contributed by atoms with van der Waals surface area (Å²) in [7, 11) is 1.65. The van der Waals surface area contributed by atoms with Gasteiger partial charge < -0.3 is 14.3 Å². The normalized spacial score (nSPS) is 17.8. The summed E-state index contributed by atoms with van der Waals surface area (Å²) < 4.78 is 11.5. The molecule has 0 radical (unpaired) electrons. The van der Waals surface area contributed by atoms with E-state index in [4.69, 9.17) is 9.15 Å². The quantitative estimate of drug-likeness (QED) is 0.577. The first-order valence-corrected chi connectivity index (χ1v) is 10.5. The van der Waals surface area contributed by atoms with Crippen LogP contribution >= 0.6 is 0 Å². The molecule has 5 heteroatoms. The molecule has 0 bridgehead atoms. The number of carboxylic acid groups (broad SMARTS) is 1. The summed E-state index contributed by atoms with van der Waals surface area (Å²) in [6.45, 7) is 3.91. The van der Waals surface area contributed by atoms with Gasteiger partial charge >= 0.3 is 5.97 Å². The third kappa shape index (κ3) is 3.38. The molecule has 1 heterocycles. The fourth-order valence-corrected chi connectivity index (χ4v) is 4.46. The number of carboxylic acids is 1. The molecule has 4 rings (SSSR count). The molecule has 2 unspecified atom stereocenters. The zero-order valence-electron chi connectivity index (χ0n) is 17.5. The number of aromatic carboxylic acids is 1. The number of aryl methyl sites for hydroxylation is 1. The van der Waals surface area contributed by atoms with E-state index in [1.54, 1.807) is 19.2 Å². The zero-order chi connectivity index (χ0) is 21.4. The summed E-state index contributed by atoms with van der Waals surface area (Å²) >= 11 is 0. The first kappa shape index (κ1) is 20.2. The van der Waals surface area contributed by atoms with Crippen LogP contribution in [0.5, 0.6) is 5.75 Å². The van der Waals surface area contributed by atoms with Gasteiger partial charge in [0.1, 0.15) is 17.1 Å². The Labute approximate surface area is 175 Å². The van der Waals surface area contributed by atoms with E-state index < -0.39 is 5.97 Å². The summed E-state index contributed by atoms with van der Waals surface area (Å²) in [6.07, 6.45) is 2.85. The number of hydrogen-bond acceptors (Lipinski definition) is 4. The molecule has 1 saturated carbocycles. The number of rotatable bonds is 7. The standard InChI is InChI=1S/C25H26O5/c1-4-6-18-23(26)22-16(5-2)17(25(27)28)11-12-21(22)30-24(18)20-13-19(20)14-7-9-15(29-3)10-8-14/h7-12,19-20H,4-6,13H2,1-3H3,(H,27,28). The van der Waals surface area contributed by atoms with Crippen LogP contribution in [-0.2, 0) is 12.8 Å². The van der Waals surface area contributed by atoms with Gasteiger partial charge in [-0.1, -0.05) is 32.4 Å². The summed E-state index contributed by atoms with van der Waals surface area (Å²) in [5, 5.41) is 9.95. The van der Waals surface area contributed by atoms with Crippen molar-refractivity contribution >= 4 is 16.9 Å². The number of hydrogen-bond donors (Lipinski definition) is 1. The average molecular weight is 406 g/mol. The van der Waals surface area contributed by atoms with Crippen LogP contribution in [0.4, 0.5) is 0 Å². The molecule has 1 N–H and O–H groups in total. The smallest absolute Gasteiger partial charge is 0.335 e. The Morgan fingerprint density at radius 1 is 1.10 bits per heavy atom. The Morgan fingerprint density at radius 2 is 1.83 bits per heavy atom. The van der Waals surface area contributed by atoms with Crippen molar-refractivity contribution < 1.29 is 19.1 Å². The molecule has 2 atom stereocenters. The number of methoxy groups -OCH3 is 1. The van der Waals surface area contributed by atoms with E-state index in [0.29, 0.717) is 40.9 Å². The lowest BCUT2D eigenvalue weighted by Crippen LogP contribution is -2.16. The first-order valence-electron chi connectivity index (χ1n) is 10.5. The minimum absolute atomic E-state index is 0.0755. The molecule has 1 aliphatic carbocycles. The lowest BCUT2D eigenvalue weighted by molar-refractivity contribution is 0.0696. The third-order valence-electron chi connectivity index (χ3n) is 6.05. The SMILES string of the molecule is CCCc1c(C2CC2c2ccc(OC)cc2)oc2ccc(C(=O)O)c(CC)c2c1=O. The van der Waals surface area contributed by atoms with Crippen LogP contribution in [0.3, 0.4) is 0 Å². The second-order valence-electron chi connectivity index (χ2n) is 7.87. The maximum atomic E-state index is 13.5. The van der Waals surface area contributed by atoms with Gasteiger partial charge in [0.15, 0.2) is 5.43 Å². The zero-order valence-corrected chi connectivity index (χ0v) is 17.5. The van der Waals surface area contributed by atoms with Gasteiger partial charge in [-0.15, -0.1) is 0 Å². The molecule has 3 aromatic rings. The summed E-state index contributed by atoms with van der Waals surface area (Å²) in [4.78, 5) is 25.1. The van der Waals surface area contributed by atoms with E-state index in [9.17, 15) is 14.7 Å². The Balaban J connectivity index is 1.82. The highest BCUT2D eigenvalue weighted by atomic mass is 16.5. The van der Waals surface area contributed by atoms with Crippen molar-refractivity contribution in [3.05, 3.63) is 74.6 Å². The van der Waals surface area contributed by atoms with Crippen molar-refractivity contribution in [3.8, 4) is 5.75 Å². The lowest BCUT2D eigenvalue weighted by Gasteiger charge is -2.13. The average Bonchev–Trinajstić information content (AvgIpc) is 3.55. The fourth-order valence-electron chi connectivity index (χ4n) is 4.46. The minimum Gasteiger partial charge on any atom is -0.497 e. The van der Waals surface area contributed by atoms with Gasteiger partial charge in [0.2, 0.25) is 0 Å². The van der Waals surface area contributed by atoms with Gasteiger partial charge in [-0.3, -0.25) is 4.79 Å². The molecule has 156 valence electrons. The Hall–Kier alpha value is -3.08. The summed E-state index contributed by atoms with van der Waals surface area (Å²) in [5.41, 5.74) is 3.05. The van der Waals surface area contributed by atoms with E-state index in [1.165, 1.54) is 5.56 Å². The van der Waals surface area contributed by atoms with Crippen molar-refractivity contribution in [1.82, 2.24) is 0 Å². The predicted octanol–water partition coefficient (Wildman–Crippen LogP) is 5.29. The highest BCUT2D eigenvalue weighted by molar-refractivity contribution is 5.96. The highest BCUT2D eigenvalue weighted by Crippen LogP contribution is 2.55. The molecule has 1 fully saturated rings. The van der Waals surface area contributed by atoms with Crippen molar-refractivity contribution in [3.63, 3.8) is 0 Å². The topological polar surface area (TPSA) is 76.7 Å². The van der Waals surface area contributed by atoms with E-state index in [1.807, 2.05) is 26.0 Å². The van der Waals surface area contributed by atoms with Crippen molar-refractivity contribution in [1.29, 1.82) is 0 Å². The molecule has 0 saturated heterocycles. The van der Waals surface area contributed by atoms with Crippen LogP contribution < -0.4 is 10.2 Å². The van der Waals surface area contributed by atoms with Crippen LogP contribution in [0.25, 0.3) is 11.0 Å². The van der Waals surface area contributed by atoms with Crippen molar-refractivity contribution in [2.24, 2.45) is 0 Å². The van der Waals surface area contributed by atoms with Crippen molar-refractivity contribution in [2.45, 2.75) is 51.4 Å². The monoisotopic (exact) mass is 406 g/mol. The molecule has 0 aliphatic heterocycles. The van der Waals surface area contributed by atoms with Gasteiger partial charge in [-0.25, -0.2) is 4.79 Å². The number of carbonyl (C=O) groups is 1. The number of ether oxygens (including phenoxy) is 1. The summed E-state index contributed by atoms with van der Waals surface area (Å²) in [6, 6.07) is 11.2. The fraction of sp³-hybridized carbons (Fsp3) is 0.360. The Morgan fingerprint density at radius 3 is 2.43 bits per heavy atom. The minimum atomic E-state index is -1.02. The van der Waals surface area contributed by atoms with Gasteiger partial charge in [-0.2, -0.15) is 0 Å². The van der Waals surface area contributed by atoms with E-state index in [-0.39, 0.29) is 16.9 Å².